The highest BCUT2D eigenvalue weighted by molar-refractivity contribution is 8.14. The number of hydrogen-bond donors (Lipinski definition) is 7. The van der Waals surface area contributed by atoms with E-state index in [1.165, 1.54) is 0 Å². The molecule has 1 aromatic heterocycles. The summed E-state index contributed by atoms with van der Waals surface area (Å²) in [5, 5.41) is 10.3. The number of hydrogen-bond acceptors (Lipinski definition) is 5. The van der Waals surface area contributed by atoms with Crippen molar-refractivity contribution >= 4 is 34.2 Å². The zero-order chi connectivity index (χ0) is 11.3. The van der Waals surface area contributed by atoms with Crippen molar-refractivity contribution in [3.63, 3.8) is 0 Å². The van der Waals surface area contributed by atoms with Gasteiger partial charge < -0.3 is 33.1 Å². The molecule has 0 fully saturated rings. The van der Waals surface area contributed by atoms with E-state index in [-0.39, 0.29) is 18.5 Å². The predicted molar refractivity (Wildman–Crippen MR) is 77.0 cm³/mol. The van der Waals surface area contributed by atoms with E-state index in [0.29, 0.717) is 10.5 Å². The maximum absolute atomic E-state index is 7.95. The summed E-state index contributed by atoms with van der Waals surface area (Å²) in [5.41, 5.74) is 1.83. The van der Waals surface area contributed by atoms with Crippen LogP contribution in [0.15, 0.2) is 24.3 Å². The average Bonchev–Trinajstić information content (AvgIpc) is 2.65. The molecule has 0 bridgehead atoms. The Morgan fingerprint density at radius 3 is 1.61 bits per heavy atom. The predicted octanol–water partition coefficient (Wildman–Crippen LogP) is 0.599. The number of aromatic nitrogens is 3. The summed E-state index contributed by atoms with van der Waals surface area (Å²) in [6.45, 7) is -3.59. The molecule has 0 saturated carbocycles. The van der Waals surface area contributed by atoms with E-state index in [2.05, 4.69) is 21.3 Å². The van der Waals surface area contributed by atoms with Crippen LogP contribution >= 0.6 is 6.72 Å². The average molecular weight is 298 g/mol. The molecular formula is C7H19N6O3PS. The van der Waals surface area contributed by atoms with Crippen LogP contribution in [-0.2, 0) is 10.5 Å². The molecule has 9 nitrogen and oxygen atoms in total. The molecule has 0 amide bonds. The van der Waals surface area contributed by atoms with Crippen molar-refractivity contribution in [3.8, 4) is 0 Å². The Morgan fingerprint density at radius 2 is 1.33 bits per heavy atom. The van der Waals surface area contributed by atoms with Gasteiger partial charge in [-0.25, -0.2) is 0 Å². The fourth-order valence-corrected chi connectivity index (χ4v) is 0.786. The van der Waals surface area contributed by atoms with Gasteiger partial charge in [0.2, 0.25) is 0 Å². The van der Waals surface area contributed by atoms with Crippen molar-refractivity contribution in [2.45, 2.75) is 0 Å². The molecule has 0 aliphatic rings. The van der Waals surface area contributed by atoms with E-state index in [4.69, 9.17) is 14.7 Å². The molecule has 1 aromatic carbocycles. The number of rotatable bonds is 0. The molecule has 0 spiro atoms. The lowest BCUT2D eigenvalue weighted by atomic mass is 10.3. The molecule has 0 radical (unpaired) electrons. The van der Waals surface area contributed by atoms with Crippen molar-refractivity contribution in [1.29, 1.82) is 0 Å². The standard InChI is InChI=1S/C6H5N3.CH5O3PS.3H3N/c1-2-4-6-5(3-1)7-9-8-6;1-6-5(2,3)4;;;/h1-4H,(H,7,8,9);2-4H,1H2;3*1H3. The fraction of sp³-hybridized carbons (Fsp3) is 0. The maximum Gasteiger partial charge on any atom is 0.308 e. The zero-order valence-corrected chi connectivity index (χ0v) is 11.4. The van der Waals surface area contributed by atoms with Gasteiger partial charge in [-0.3, -0.25) is 0 Å². The van der Waals surface area contributed by atoms with Gasteiger partial charge in [-0.2, -0.15) is 15.4 Å². The van der Waals surface area contributed by atoms with Crippen molar-refractivity contribution in [2.24, 2.45) is 0 Å². The maximum atomic E-state index is 7.95. The van der Waals surface area contributed by atoms with E-state index >= 15 is 0 Å². The molecule has 0 unspecified atom stereocenters. The van der Waals surface area contributed by atoms with Gasteiger partial charge in [0.1, 0.15) is 11.0 Å². The molecule has 0 atom stereocenters. The molecule has 18 heavy (non-hydrogen) atoms. The first-order chi connectivity index (χ1) is 7.03. The molecule has 0 saturated heterocycles. The van der Waals surface area contributed by atoms with Crippen LogP contribution in [0.2, 0.25) is 0 Å². The number of para-hydroxylation sites is 2. The van der Waals surface area contributed by atoms with E-state index in [1.807, 2.05) is 24.3 Å². The third-order valence-corrected chi connectivity index (χ3v) is 2.78. The lowest BCUT2D eigenvalue weighted by Gasteiger charge is -1.91. The van der Waals surface area contributed by atoms with Crippen molar-refractivity contribution < 1.29 is 14.7 Å². The highest BCUT2D eigenvalue weighted by atomic mass is 32.5. The Kier molecular flexibility index (Phi) is 12.1. The Balaban J connectivity index is -0.000000229. The number of nitrogens with one attached hydrogen (secondary N) is 1. The summed E-state index contributed by atoms with van der Waals surface area (Å²) in [7, 11) is 0.410. The van der Waals surface area contributed by atoms with E-state index < -0.39 is 6.72 Å². The zero-order valence-electron chi connectivity index (χ0n) is 9.73. The Bertz CT molecular complexity index is 484. The quantitative estimate of drug-likeness (QED) is 0.270. The normalized spacial score (nSPS) is 8.83. The summed E-state index contributed by atoms with van der Waals surface area (Å²) in [6, 6.07) is 7.70. The van der Waals surface area contributed by atoms with Gasteiger partial charge in [-0.05, 0) is 18.0 Å². The molecule has 0 aliphatic heterocycles. The second-order valence-corrected chi connectivity index (χ2v) is 5.98. The van der Waals surface area contributed by atoms with Gasteiger partial charge in [0.05, 0.1) is 0 Å². The van der Waals surface area contributed by atoms with Gasteiger partial charge in [-0.1, -0.05) is 22.7 Å². The molecule has 13 N–H and O–H groups in total. The van der Waals surface area contributed by atoms with Crippen molar-refractivity contribution in [1.82, 2.24) is 33.9 Å². The second-order valence-electron chi connectivity index (χ2n) is 2.45. The SMILES string of the molecule is C=S=P(O)(O)O.N.N.N.c1ccc2n[nH]nc2c1. The largest absolute Gasteiger partial charge is 0.344 e. The first-order valence-corrected chi connectivity index (χ1v) is 7.03. The number of aromatic amines is 1. The van der Waals surface area contributed by atoms with E-state index in [9.17, 15) is 0 Å². The minimum atomic E-state index is -3.59. The van der Waals surface area contributed by atoms with Crippen LogP contribution in [-0.4, -0.2) is 36.0 Å². The van der Waals surface area contributed by atoms with Crippen LogP contribution in [0.25, 0.3) is 11.0 Å². The monoisotopic (exact) mass is 298 g/mol. The summed E-state index contributed by atoms with van der Waals surface area (Å²) in [4.78, 5) is 23.8. The Hall–Kier alpha value is -1.10. The van der Waals surface area contributed by atoms with Crippen LogP contribution in [0.5, 0.6) is 0 Å². The lowest BCUT2D eigenvalue weighted by molar-refractivity contribution is 0.363. The topological polar surface area (TPSA) is 207 Å². The van der Waals surface area contributed by atoms with Gasteiger partial charge in [0, 0.05) is 0 Å². The van der Waals surface area contributed by atoms with Crippen molar-refractivity contribution in [2.75, 3.05) is 0 Å². The molecule has 0 aliphatic carbocycles. The molecule has 1 heterocycles. The molecule has 11 heteroatoms. The van der Waals surface area contributed by atoms with Gasteiger partial charge in [0.15, 0.2) is 0 Å². The van der Waals surface area contributed by atoms with Crippen LogP contribution in [0.4, 0.5) is 0 Å². The lowest BCUT2D eigenvalue weighted by Crippen LogP contribution is -1.68. The van der Waals surface area contributed by atoms with Gasteiger partial charge in [-0.15, -0.1) is 0 Å². The van der Waals surface area contributed by atoms with Gasteiger partial charge in [0.25, 0.3) is 0 Å². The van der Waals surface area contributed by atoms with Gasteiger partial charge >= 0.3 is 6.72 Å². The highest BCUT2D eigenvalue weighted by Crippen LogP contribution is 2.27. The smallest absolute Gasteiger partial charge is 0.308 e. The number of H-pyrrole nitrogens is 1. The Morgan fingerprint density at radius 1 is 1.00 bits per heavy atom. The number of fused-ring (bicyclic) bond motifs is 1. The molecule has 106 valence electrons. The van der Waals surface area contributed by atoms with E-state index in [0.717, 1.165) is 11.0 Å². The first kappa shape index (κ1) is 22.1. The van der Waals surface area contributed by atoms with Crippen LogP contribution in [0.1, 0.15) is 0 Å². The Labute approximate surface area is 107 Å². The molecule has 2 aromatic rings. The summed E-state index contributed by atoms with van der Waals surface area (Å²) in [5.74, 6) is 2.97. The third-order valence-electron chi connectivity index (χ3n) is 1.40. The van der Waals surface area contributed by atoms with Crippen LogP contribution in [0.3, 0.4) is 0 Å². The fourth-order valence-electron chi connectivity index (χ4n) is 0.786. The molecule has 2 rings (SSSR count). The minimum Gasteiger partial charge on any atom is -0.344 e. The highest BCUT2D eigenvalue weighted by Gasteiger charge is 1.93. The van der Waals surface area contributed by atoms with E-state index in [1.54, 1.807) is 0 Å². The molecular weight excluding hydrogens is 279 g/mol. The second kappa shape index (κ2) is 9.88. The number of nitrogens with zero attached hydrogens (tertiary/aromatic N) is 2. The van der Waals surface area contributed by atoms with Crippen LogP contribution in [0, 0.1) is 0 Å². The summed E-state index contributed by atoms with van der Waals surface area (Å²) in [6.07, 6.45) is 0. The summed E-state index contributed by atoms with van der Waals surface area (Å²) >= 11 is 0. The third kappa shape index (κ3) is 8.06. The number of benzene rings is 1. The first-order valence-electron chi connectivity index (χ1n) is 3.79. The summed E-state index contributed by atoms with van der Waals surface area (Å²) < 4.78 is 0. The minimum absolute atomic E-state index is 0. The van der Waals surface area contributed by atoms with Crippen molar-refractivity contribution in [3.05, 3.63) is 24.3 Å². The van der Waals surface area contributed by atoms with Crippen LogP contribution < -0.4 is 18.5 Å².